The van der Waals surface area contributed by atoms with Crippen LogP contribution in [0.1, 0.15) is 39.2 Å². The van der Waals surface area contributed by atoms with Crippen molar-refractivity contribution in [1.82, 2.24) is 0 Å². The molecule has 0 saturated heterocycles. The maximum absolute atomic E-state index is 12.0. The van der Waals surface area contributed by atoms with E-state index in [2.05, 4.69) is 18.6 Å². The Kier molecular flexibility index (Phi) is 6.89. The maximum atomic E-state index is 12.0. The van der Waals surface area contributed by atoms with Crippen molar-refractivity contribution in [1.29, 1.82) is 0 Å². The summed E-state index contributed by atoms with van der Waals surface area (Å²) in [5.74, 6) is 1.82. The van der Waals surface area contributed by atoms with Crippen LogP contribution in [0, 0.1) is 0 Å². The number of ether oxygens (including phenoxy) is 2. The lowest BCUT2D eigenvalue weighted by Gasteiger charge is -2.16. The van der Waals surface area contributed by atoms with E-state index in [1.165, 1.54) is 12.1 Å². The molecule has 8 heteroatoms. The summed E-state index contributed by atoms with van der Waals surface area (Å²) in [6, 6.07) is 8.38. The fourth-order valence-corrected chi connectivity index (χ4v) is 3.59. The van der Waals surface area contributed by atoms with Crippen molar-refractivity contribution < 1.29 is 17.9 Å². The molecule has 0 unspecified atom stereocenters. The first-order valence-corrected chi connectivity index (χ1v) is 10.7. The molecule has 0 aromatic heterocycles. The highest BCUT2D eigenvalue weighted by Gasteiger charge is 2.19. The zero-order chi connectivity index (χ0) is 20.4. The molecule has 2 rings (SSSR count). The molecule has 5 nitrogen and oxygen atoms in total. The maximum Gasteiger partial charge on any atom is 0.235 e. The van der Waals surface area contributed by atoms with Crippen LogP contribution in [0.5, 0.6) is 17.2 Å². The Labute approximate surface area is 170 Å². The van der Waals surface area contributed by atoms with Gasteiger partial charge in [0.25, 0.3) is 0 Å². The van der Waals surface area contributed by atoms with Gasteiger partial charge in [-0.25, -0.2) is 8.42 Å². The molecule has 0 heterocycles. The molecule has 148 valence electrons. The second-order valence-corrected chi connectivity index (χ2v) is 9.68. The van der Waals surface area contributed by atoms with Crippen molar-refractivity contribution in [2.45, 2.75) is 38.9 Å². The van der Waals surface area contributed by atoms with Gasteiger partial charge in [-0.15, -0.1) is 0 Å². The van der Waals surface area contributed by atoms with E-state index in [9.17, 15) is 8.42 Å². The lowest BCUT2D eigenvalue weighted by atomic mass is 10.0. The van der Waals surface area contributed by atoms with Crippen LogP contribution in [0.3, 0.4) is 0 Å². The normalized spacial score (nSPS) is 11.7. The van der Waals surface area contributed by atoms with Crippen molar-refractivity contribution in [3.05, 3.63) is 45.9 Å². The summed E-state index contributed by atoms with van der Waals surface area (Å²) in [6.07, 6.45) is 0. The monoisotopic (exact) mass is 431 g/mol. The number of rotatable bonds is 7. The lowest BCUT2D eigenvalue weighted by molar-refractivity contribution is 0.405. The molecule has 0 fully saturated rings. The van der Waals surface area contributed by atoms with Crippen molar-refractivity contribution >= 4 is 38.9 Å². The molecular formula is C19H23Cl2NO4S. The quantitative estimate of drug-likeness (QED) is 0.577. The Hall–Kier alpha value is -1.63. The van der Waals surface area contributed by atoms with Gasteiger partial charge in [0.15, 0.2) is 5.75 Å². The molecule has 0 radical (unpaired) electrons. The fourth-order valence-electron chi connectivity index (χ4n) is 2.34. The minimum Gasteiger partial charge on any atom is -0.496 e. The van der Waals surface area contributed by atoms with E-state index < -0.39 is 15.3 Å². The topological polar surface area (TPSA) is 64.6 Å². The number of sulfonamides is 1. The van der Waals surface area contributed by atoms with Gasteiger partial charge in [-0.2, -0.15) is 0 Å². The standard InChI is InChI=1S/C19H23Cl2NO4S/c1-11(2)15-10-14(6-7-18(15)25-5)26-19-16(20)8-13(9-17(19)21)22-27(23,24)12(3)4/h6-12,22H,1-5H3. The van der Waals surface area contributed by atoms with E-state index in [1.54, 1.807) is 27.0 Å². The van der Waals surface area contributed by atoms with Crippen molar-refractivity contribution in [3.63, 3.8) is 0 Å². The first-order valence-electron chi connectivity index (χ1n) is 8.41. The Morgan fingerprint density at radius 2 is 1.59 bits per heavy atom. The third-order valence-corrected chi connectivity index (χ3v) is 6.25. The molecule has 0 spiro atoms. The summed E-state index contributed by atoms with van der Waals surface area (Å²) in [4.78, 5) is 0. The zero-order valence-corrected chi connectivity index (χ0v) is 18.2. The largest absolute Gasteiger partial charge is 0.496 e. The molecule has 1 N–H and O–H groups in total. The van der Waals surface area contributed by atoms with Crippen LogP contribution in [0.2, 0.25) is 10.0 Å². The van der Waals surface area contributed by atoms with Gasteiger partial charge in [0, 0.05) is 5.56 Å². The van der Waals surface area contributed by atoms with E-state index in [1.807, 2.05) is 12.1 Å². The SMILES string of the molecule is COc1ccc(Oc2c(Cl)cc(NS(=O)(=O)C(C)C)cc2Cl)cc1C(C)C. The van der Waals surface area contributed by atoms with Crippen molar-refractivity contribution in [2.24, 2.45) is 0 Å². The molecule has 2 aromatic carbocycles. The van der Waals surface area contributed by atoms with Gasteiger partial charge in [-0.3, -0.25) is 4.72 Å². The molecule has 0 amide bonds. The van der Waals surface area contributed by atoms with Gasteiger partial charge in [-0.1, -0.05) is 37.0 Å². The number of halogens is 2. The molecule has 0 aliphatic carbocycles. The van der Waals surface area contributed by atoms with Crippen LogP contribution >= 0.6 is 23.2 Å². The third-order valence-electron chi connectivity index (χ3n) is 3.92. The second kappa shape index (κ2) is 8.59. The number of hydrogen-bond acceptors (Lipinski definition) is 4. The average Bonchev–Trinajstić information content (AvgIpc) is 2.57. The third kappa shape index (κ3) is 5.21. The van der Waals surface area contributed by atoms with Gasteiger partial charge in [0.1, 0.15) is 11.5 Å². The van der Waals surface area contributed by atoms with E-state index in [-0.39, 0.29) is 27.4 Å². The Bertz CT molecular complexity index is 904. The Morgan fingerprint density at radius 1 is 1.00 bits per heavy atom. The lowest BCUT2D eigenvalue weighted by Crippen LogP contribution is -2.22. The summed E-state index contributed by atoms with van der Waals surface area (Å²) in [7, 11) is -1.88. The first kappa shape index (κ1) is 21.7. The van der Waals surface area contributed by atoms with Crippen LogP contribution in [-0.4, -0.2) is 20.8 Å². The summed E-state index contributed by atoms with van der Waals surface area (Å²) >= 11 is 12.6. The van der Waals surface area contributed by atoms with E-state index in [0.29, 0.717) is 5.75 Å². The predicted molar refractivity (Wildman–Crippen MR) is 111 cm³/mol. The summed E-state index contributed by atoms with van der Waals surface area (Å²) in [6.45, 7) is 7.27. The van der Waals surface area contributed by atoms with Crippen LogP contribution < -0.4 is 14.2 Å². The van der Waals surface area contributed by atoms with E-state index >= 15 is 0 Å². The minimum atomic E-state index is -3.50. The molecule has 0 saturated carbocycles. The molecule has 0 bridgehead atoms. The molecule has 0 atom stereocenters. The highest BCUT2D eigenvalue weighted by molar-refractivity contribution is 7.93. The second-order valence-electron chi connectivity index (χ2n) is 6.63. The molecule has 0 aliphatic rings. The fraction of sp³-hybridized carbons (Fsp3) is 0.368. The highest BCUT2D eigenvalue weighted by atomic mass is 35.5. The average molecular weight is 432 g/mol. The molecule has 2 aromatic rings. The smallest absolute Gasteiger partial charge is 0.235 e. The van der Waals surface area contributed by atoms with Crippen LogP contribution in [-0.2, 0) is 10.0 Å². The Balaban J connectivity index is 2.34. The number of hydrogen-bond donors (Lipinski definition) is 1. The molecular weight excluding hydrogens is 409 g/mol. The number of nitrogens with one attached hydrogen (secondary N) is 1. The minimum absolute atomic E-state index is 0.200. The van der Waals surface area contributed by atoms with Crippen LogP contribution in [0.4, 0.5) is 5.69 Å². The summed E-state index contributed by atoms with van der Waals surface area (Å²) in [5, 5.41) is -0.184. The van der Waals surface area contributed by atoms with Crippen molar-refractivity contribution in [3.8, 4) is 17.2 Å². The van der Waals surface area contributed by atoms with Gasteiger partial charge >= 0.3 is 0 Å². The van der Waals surface area contributed by atoms with E-state index in [4.69, 9.17) is 32.7 Å². The van der Waals surface area contributed by atoms with Gasteiger partial charge in [0.2, 0.25) is 10.0 Å². The number of methoxy groups -OCH3 is 1. The van der Waals surface area contributed by atoms with Gasteiger partial charge < -0.3 is 9.47 Å². The summed E-state index contributed by atoms with van der Waals surface area (Å²) < 4.78 is 37.7. The number of benzene rings is 2. The highest BCUT2D eigenvalue weighted by Crippen LogP contribution is 2.40. The molecule has 0 aliphatic heterocycles. The van der Waals surface area contributed by atoms with Crippen LogP contribution in [0.15, 0.2) is 30.3 Å². The Morgan fingerprint density at radius 3 is 2.07 bits per heavy atom. The van der Waals surface area contributed by atoms with E-state index in [0.717, 1.165) is 11.3 Å². The van der Waals surface area contributed by atoms with Crippen molar-refractivity contribution in [2.75, 3.05) is 11.8 Å². The zero-order valence-electron chi connectivity index (χ0n) is 15.8. The van der Waals surface area contributed by atoms with Crippen LogP contribution in [0.25, 0.3) is 0 Å². The first-order chi connectivity index (χ1) is 12.5. The summed E-state index contributed by atoms with van der Waals surface area (Å²) in [5.41, 5.74) is 1.27. The molecule has 27 heavy (non-hydrogen) atoms. The number of anilines is 1. The van der Waals surface area contributed by atoms with Gasteiger partial charge in [-0.05, 0) is 50.1 Å². The van der Waals surface area contributed by atoms with Gasteiger partial charge in [0.05, 0.1) is 28.1 Å². The predicted octanol–water partition coefficient (Wildman–Crippen LogP) is 6.07.